The van der Waals surface area contributed by atoms with Gasteiger partial charge in [-0.15, -0.1) is 16.8 Å². The van der Waals surface area contributed by atoms with Crippen LogP contribution in [0.2, 0.25) is 0 Å². The zero-order valence-electron chi connectivity index (χ0n) is 18.2. The summed E-state index contributed by atoms with van der Waals surface area (Å²) in [6.07, 6.45) is 11.8. The van der Waals surface area contributed by atoms with Crippen LogP contribution in [0.1, 0.15) is 49.9 Å². The van der Waals surface area contributed by atoms with Crippen LogP contribution in [0.25, 0.3) is 10.8 Å². The molecule has 4 fully saturated rings. The molecule has 31 heavy (non-hydrogen) atoms. The van der Waals surface area contributed by atoms with Crippen LogP contribution < -0.4 is 0 Å². The molecule has 1 heterocycles. The molecule has 0 radical (unpaired) electrons. The van der Waals surface area contributed by atoms with Crippen LogP contribution >= 0.6 is 11.8 Å². The second-order valence-electron chi connectivity index (χ2n) is 10.3. The molecule has 160 valence electrons. The summed E-state index contributed by atoms with van der Waals surface area (Å²) < 4.78 is 2.33. The van der Waals surface area contributed by atoms with Gasteiger partial charge in [-0.1, -0.05) is 60.3 Å². The fraction of sp³-hybridized carbons (Fsp3) is 0.481. The number of nitrogens with zero attached hydrogens (tertiary/aromatic N) is 3. The molecule has 4 aliphatic carbocycles. The topological polar surface area (TPSA) is 30.7 Å². The maximum Gasteiger partial charge on any atom is 0.191 e. The zero-order valence-corrected chi connectivity index (χ0v) is 19.0. The average molecular weight is 430 g/mol. The van der Waals surface area contributed by atoms with E-state index in [9.17, 15) is 0 Å². The Bertz CT molecular complexity index is 1070. The van der Waals surface area contributed by atoms with Crippen molar-refractivity contribution >= 4 is 22.5 Å². The summed E-state index contributed by atoms with van der Waals surface area (Å²) in [6, 6.07) is 15.2. The van der Waals surface area contributed by atoms with Crippen molar-refractivity contribution in [3.63, 3.8) is 0 Å². The first-order valence-corrected chi connectivity index (χ1v) is 12.8. The van der Waals surface area contributed by atoms with Gasteiger partial charge >= 0.3 is 0 Å². The Kier molecular flexibility index (Phi) is 4.94. The van der Waals surface area contributed by atoms with Gasteiger partial charge in [0.15, 0.2) is 5.16 Å². The molecule has 0 unspecified atom stereocenters. The molecule has 3 aromatic rings. The Labute approximate surface area is 189 Å². The van der Waals surface area contributed by atoms with E-state index in [0.29, 0.717) is 5.41 Å². The second-order valence-corrected chi connectivity index (χ2v) is 11.3. The van der Waals surface area contributed by atoms with E-state index >= 15 is 0 Å². The van der Waals surface area contributed by atoms with Crippen molar-refractivity contribution in [3.05, 3.63) is 66.5 Å². The highest BCUT2D eigenvalue weighted by atomic mass is 32.2. The van der Waals surface area contributed by atoms with Crippen LogP contribution in [0.5, 0.6) is 0 Å². The molecule has 4 aliphatic rings. The van der Waals surface area contributed by atoms with E-state index < -0.39 is 0 Å². The normalized spacial score (nSPS) is 29.0. The Morgan fingerprint density at radius 2 is 1.68 bits per heavy atom. The first-order valence-electron chi connectivity index (χ1n) is 11.8. The second kappa shape index (κ2) is 7.81. The highest BCUT2D eigenvalue weighted by Gasteiger charge is 2.51. The molecule has 3 nitrogen and oxygen atoms in total. The zero-order chi connectivity index (χ0) is 20.8. The summed E-state index contributed by atoms with van der Waals surface area (Å²) in [5.41, 5.74) is 1.84. The Balaban J connectivity index is 1.24. The van der Waals surface area contributed by atoms with Gasteiger partial charge in [0.25, 0.3) is 0 Å². The van der Waals surface area contributed by atoms with Gasteiger partial charge in [0.1, 0.15) is 5.82 Å². The molecule has 1 aromatic heterocycles. The molecular weight excluding hydrogens is 398 g/mol. The number of thioether (sulfide) groups is 1. The molecule has 0 N–H and O–H groups in total. The molecule has 0 saturated heterocycles. The van der Waals surface area contributed by atoms with E-state index in [1.54, 1.807) is 0 Å². The first kappa shape index (κ1) is 19.6. The highest BCUT2D eigenvalue weighted by molar-refractivity contribution is 7.98. The smallest absolute Gasteiger partial charge is 0.191 e. The van der Waals surface area contributed by atoms with Gasteiger partial charge < -0.3 is 4.57 Å². The largest absolute Gasteiger partial charge is 0.302 e. The summed E-state index contributed by atoms with van der Waals surface area (Å²) in [4.78, 5) is 0. The predicted molar refractivity (Wildman–Crippen MR) is 128 cm³/mol. The lowest BCUT2D eigenvalue weighted by Crippen LogP contribution is -2.47. The van der Waals surface area contributed by atoms with Gasteiger partial charge in [-0.05, 0) is 78.0 Å². The van der Waals surface area contributed by atoms with Crippen LogP contribution in [0, 0.1) is 23.2 Å². The van der Waals surface area contributed by atoms with Gasteiger partial charge in [-0.25, -0.2) is 0 Å². The Morgan fingerprint density at radius 1 is 0.968 bits per heavy atom. The van der Waals surface area contributed by atoms with E-state index in [1.807, 2.05) is 17.8 Å². The van der Waals surface area contributed by atoms with E-state index in [-0.39, 0.29) is 0 Å². The maximum absolute atomic E-state index is 4.73. The van der Waals surface area contributed by atoms with Gasteiger partial charge in [0.05, 0.1) is 0 Å². The van der Waals surface area contributed by atoms with Crippen LogP contribution in [-0.2, 0) is 18.7 Å². The summed E-state index contributed by atoms with van der Waals surface area (Å²) in [7, 11) is 0. The fourth-order valence-electron chi connectivity index (χ4n) is 7.27. The number of benzene rings is 2. The molecular formula is C27H31N3S. The third-order valence-corrected chi connectivity index (χ3v) is 9.06. The van der Waals surface area contributed by atoms with E-state index in [4.69, 9.17) is 5.10 Å². The molecule has 7 rings (SSSR count). The van der Waals surface area contributed by atoms with Gasteiger partial charge in [-0.2, -0.15) is 0 Å². The third kappa shape index (κ3) is 3.63. The van der Waals surface area contributed by atoms with Crippen molar-refractivity contribution in [2.75, 3.05) is 0 Å². The van der Waals surface area contributed by atoms with E-state index in [1.165, 1.54) is 60.7 Å². The number of hydrogen-bond donors (Lipinski definition) is 0. The minimum absolute atomic E-state index is 0.484. The third-order valence-electron chi connectivity index (χ3n) is 8.04. The molecule has 0 spiro atoms. The Morgan fingerprint density at radius 3 is 2.42 bits per heavy atom. The number of allylic oxidation sites excluding steroid dienone is 1. The Hall–Kier alpha value is -2.07. The minimum atomic E-state index is 0.484. The van der Waals surface area contributed by atoms with Gasteiger partial charge in [0, 0.05) is 18.7 Å². The number of rotatable bonds is 7. The number of hydrogen-bond acceptors (Lipinski definition) is 3. The van der Waals surface area contributed by atoms with Crippen LogP contribution in [0.3, 0.4) is 0 Å². The monoisotopic (exact) mass is 429 g/mol. The number of aromatic nitrogens is 3. The van der Waals surface area contributed by atoms with Crippen molar-refractivity contribution < 1.29 is 0 Å². The summed E-state index contributed by atoms with van der Waals surface area (Å²) in [6.45, 7) is 4.82. The van der Waals surface area contributed by atoms with Crippen molar-refractivity contribution in [1.82, 2.24) is 14.8 Å². The maximum atomic E-state index is 4.73. The van der Waals surface area contributed by atoms with E-state index in [0.717, 1.165) is 41.6 Å². The standard InChI is InChI=1S/C27H31N3S/c1-2-10-30-25(17-27-14-19-11-20(15-27)13-21(12-19)16-27)28-29-26(30)31-18-23-8-5-7-22-6-3-4-9-24(22)23/h2-9,19-21H,1,10-18H2. The van der Waals surface area contributed by atoms with Crippen molar-refractivity contribution in [1.29, 1.82) is 0 Å². The van der Waals surface area contributed by atoms with Gasteiger partial charge in [-0.3, -0.25) is 0 Å². The molecule has 4 saturated carbocycles. The summed E-state index contributed by atoms with van der Waals surface area (Å²) in [5, 5.41) is 13.1. The van der Waals surface area contributed by atoms with Crippen LogP contribution in [0.4, 0.5) is 0 Å². The van der Waals surface area contributed by atoms with Crippen molar-refractivity contribution in [2.24, 2.45) is 23.2 Å². The number of fused-ring (bicyclic) bond motifs is 1. The fourth-order valence-corrected chi connectivity index (χ4v) is 8.24. The van der Waals surface area contributed by atoms with Crippen LogP contribution in [0.15, 0.2) is 60.3 Å². The highest BCUT2D eigenvalue weighted by Crippen LogP contribution is 2.61. The lowest BCUT2D eigenvalue weighted by atomic mass is 9.49. The predicted octanol–water partition coefficient (Wildman–Crippen LogP) is 6.67. The summed E-state index contributed by atoms with van der Waals surface area (Å²) in [5.74, 6) is 5.02. The molecule has 0 amide bonds. The molecule has 0 aliphatic heterocycles. The van der Waals surface area contributed by atoms with Crippen molar-refractivity contribution in [3.8, 4) is 0 Å². The van der Waals surface area contributed by atoms with Crippen LogP contribution in [-0.4, -0.2) is 14.8 Å². The molecule has 4 bridgehead atoms. The van der Waals surface area contributed by atoms with Gasteiger partial charge in [0.2, 0.25) is 0 Å². The lowest BCUT2D eigenvalue weighted by Gasteiger charge is -2.56. The minimum Gasteiger partial charge on any atom is -0.302 e. The van der Waals surface area contributed by atoms with Crippen molar-refractivity contribution in [2.45, 2.75) is 62.4 Å². The SMILES string of the molecule is C=CCn1c(CC23CC4CC(CC(C4)C2)C3)nnc1SCc1cccc2ccccc12. The molecule has 2 aromatic carbocycles. The van der Waals surface area contributed by atoms with E-state index in [2.05, 4.69) is 58.7 Å². The average Bonchev–Trinajstić information content (AvgIpc) is 3.12. The quantitative estimate of drug-likeness (QED) is 0.310. The summed E-state index contributed by atoms with van der Waals surface area (Å²) >= 11 is 1.81. The molecule has 0 atom stereocenters. The first-order chi connectivity index (χ1) is 15.2. The lowest BCUT2D eigenvalue weighted by molar-refractivity contribution is -0.0535. The molecule has 4 heteroatoms.